The zero-order valence-electron chi connectivity index (χ0n) is 10.8. The summed E-state index contributed by atoms with van der Waals surface area (Å²) in [5.41, 5.74) is 3.28. The van der Waals surface area contributed by atoms with Crippen LogP contribution in [-0.4, -0.2) is 13.6 Å². The SMILES string of the molecule is CNCC=C(c1ccccc1)c1ccc(F)cc1.Cl. The van der Waals surface area contributed by atoms with Crippen LogP contribution in [0.2, 0.25) is 0 Å². The molecule has 0 spiro atoms. The third kappa shape index (κ3) is 4.19. The lowest BCUT2D eigenvalue weighted by atomic mass is 9.97. The van der Waals surface area contributed by atoms with E-state index in [4.69, 9.17) is 0 Å². The van der Waals surface area contributed by atoms with Crippen LogP contribution < -0.4 is 5.32 Å². The van der Waals surface area contributed by atoms with Gasteiger partial charge in [0.15, 0.2) is 0 Å². The maximum Gasteiger partial charge on any atom is 0.123 e. The molecule has 0 fully saturated rings. The normalized spacial score (nSPS) is 10.9. The van der Waals surface area contributed by atoms with Gasteiger partial charge >= 0.3 is 0 Å². The molecule has 100 valence electrons. The van der Waals surface area contributed by atoms with Gasteiger partial charge in [-0.15, -0.1) is 12.4 Å². The number of rotatable bonds is 4. The number of nitrogens with one attached hydrogen (secondary N) is 1. The fourth-order valence-electron chi connectivity index (χ4n) is 1.85. The summed E-state index contributed by atoms with van der Waals surface area (Å²) >= 11 is 0. The van der Waals surface area contributed by atoms with Crippen LogP contribution >= 0.6 is 12.4 Å². The van der Waals surface area contributed by atoms with E-state index < -0.39 is 0 Å². The van der Waals surface area contributed by atoms with Crippen molar-refractivity contribution < 1.29 is 4.39 Å². The van der Waals surface area contributed by atoms with E-state index in [9.17, 15) is 4.39 Å². The monoisotopic (exact) mass is 277 g/mol. The van der Waals surface area contributed by atoms with Crippen LogP contribution in [0.1, 0.15) is 11.1 Å². The highest BCUT2D eigenvalue weighted by atomic mass is 35.5. The van der Waals surface area contributed by atoms with E-state index in [-0.39, 0.29) is 18.2 Å². The third-order valence-corrected chi connectivity index (χ3v) is 2.75. The molecule has 0 saturated heterocycles. The molecule has 0 bridgehead atoms. The van der Waals surface area contributed by atoms with Gasteiger partial charge in [0.2, 0.25) is 0 Å². The summed E-state index contributed by atoms with van der Waals surface area (Å²) in [5, 5.41) is 3.10. The fraction of sp³-hybridized carbons (Fsp3) is 0.125. The summed E-state index contributed by atoms with van der Waals surface area (Å²) < 4.78 is 13.0. The number of likely N-dealkylation sites (N-methyl/N-ethyl adjacent to an activating group) is 1. The molecular weight excluding hydrogens is 261 g/mol. The molecule has 0 aliphatic carbocycles. The van der Waals surface area contributed by atoms with Gasteiger partial charge in [0.25, 0.3) is 0 Å². The molecular formula is C16H17ClFN. The Balaban J connectivity index is 0.00000180. The van der Waals surface area contributed by atoms with E-state index in [1.54, 1.807) is 0 Å². The van der Waals surface area contributed by atoms with Gasteiger partial charge in [0.1, 0.15) is 5.82 Å². The second-order valence-electron chi connectivity index (χ2n) is 4.05. The number of halogens is 2. The summed E-state index contributed by atoms with van der Waals surface area (Å²) in [6.07, 6.45) is 2.11. The molecule has 2 aromatic carbocycles. The molecule has 0 radical (unpaired) electrons. The average molecular weight is 278 g/mol. The van der Waals surface area contributed by atoms with Crippen LogP contribution in [0.15, 0.2) is 60.7 Å². The molecule has 0 aliphatic heterocycles. The Hall–Kier alpha value is -1.64. The van der Waals surface area contributed by atoms with Crippen LogP contribution in [-0.2, 0) is 0 Å². The van der Waals surface area contributed by atoms with Gasteiger partial charge in [-0.1, -0.05) is 48.5 Å². The predicted molar refractivity (Wildman–Crippen MR) is 81.1 cm³/mol. The lowest BCUT2D eigenvalue weighted by Gasteiger charge is -2.08. The van der Waals surface area contributed by atoms with Crippen LogP contribution in [0.25, 0.3) is 5.57 Å². The van der Waals surface area contributed by atoms with Gasteiger partial charge in [-0.2, -0.15) is 0 Å². The molecule has 2 rings (SSSR count). The molecule has 0 aliphatic rings. The quantitative estimate of drug-likeness (QED) is 0.894. The Kier molecular flexibility index (Phi) is 6.26. The highest BCUT2D eigenvalue weighted by molar-refractivity contribution is 5.85. The van der Waals surface area contributed by atoms with Gasteiger partial charge in [0.05, 0.1) is 0 Å². The van der Waals surface area contributed by atoms with Gasteiger partial charge in [0, 0.05) is 6.54 Å². The summed E-state index contributed by atoms with van der Waals surface area (Å²) in [6, 6.07) is 16.7. The van der Waals surface area contributed by atoms with Crippen molar-refractivity contribution in [3.05, 3.63) is 77.6 Å². The van der Waals surface area contributed by atoms with E-state index in [2.05, 4.69) is 23.5 Å². The first kappa shape index (κ1) is 15.4. The van der Waals surface area contributed by atoms with Crippen molar-refractivity contribution in [2.75, 3.05) is 13.6 Å². The van der Waals surface area contributed by atoms with Gasteiger partial charge in [-0.25, -0.2) is 4.39 Å². The number of hydrogen-bond donors (Lipinski definition) is 1. The molecule has 0 aromatic heterocycles. The first-order valence-electron chi connectivity index (χ1n) is 5.97. The van der Waals surface area contributed by atoms with Crippen molar-refractivity contribution in [1.82, 2.24) is 5.32 Å². The van der Waals surface area contributed by atoms with E-state index in [1.807, 2.05) is 37.4 Å². The molecule has 0 unspecified atom stereocenters. The first-order chi connectivity index (χ1) is 8.81. The van der Waals surface area contributed by atoms with Crippen LogP contribution in [0.4, 0.5) is 4.39 Å². The average Bonchev–Trinajstić information content (AvgIpc) is 2.42. The van der Waals surface area contributed by atoms with Gasteiger partial charge in [-0.3, -0.25) is 0 Å². The fourth-order valence-corrected chi connectivity index (χ4v) is 1.85. The molecule has 3 heteroatoms. The summed E-state index contributed by atoms with van der Waals surface area (Å²) in [6.45, 7) is 0.779. The largest absolute Gasteiger partial charge is 0.316 e. The third-order valence-electron chi connectivity index (χ3n) is 2.75. The van der Waals surface area contributed by atoms with E-state index in [0.29, 0.717) is 0 Å². The summed E-state index contributed by atoms with van der Waals surface area (Å²) in [7, 11) is 1.91. The summed E-state index contributed by atoms with van der Waals surface area (Å²) in [5.74, 6) is -0.209. The Morgan fingerprint density at radius 1 is 1.00 bits per heavy atom. The van der Waals surface area contributed by atoms with Crippen LogP contribution in [0.3, 0.4) is 0 Å². The topological polar surface area (TPSA) is 12.0 Å². The van der Waals surface area contributed by atoms with Gasteiger partial charge in [-0.05, 0) is 35.9 Å². The Labute approximate surface area is 119 Å². The van der Waals surface area contributed by atoms with Crippen molar-refractivity contribution in [1.29, 1.82) is 0 Å². The highest BCUT2D eigenvalue weighted by Crippen LogP contribution is 2.23. The summed E-state index contributed by atoms with van der Waals surface area (Å²) in [4.78, 5) is 0. The standard InChI is InChI=1S/C16H16FN.ClH/c1-18-12-11-16(13-5-3-2-4-6-13)14-7-9-15(17)10-8-14;/h2-11,18H,12H2,1H3;1H. The Morgan fingerprint density at radius 3 is 2.16 bits per heavy atom. The van der Waals surface area contributed by atoms with Crippen molar-refractivity contribution >= 4 is 18.0 Å². The molecule has 0 atom stereocenters. The second kappa shape index (κ2) is 7.72. The van der Waals surface area contributed by atoms with E-state index in [0.717, 1.165) is 23.2 Å². The first-order valence-corrected chi connectivity index (χ1v) is 5.97. The Bertz CT molecular complexity index is 520. The molecule has 2 aromatic rings. The molecule has 19 heavy (non-hydrogen) atoms. The highest BCUT2D eigenvalue weighted by Gasteiger charge is 2.04. The maximum absolute atomic E-state index is 13.0. The lowest BCUT2D eigenvalue weighted by molar-refractivity contribution is 0.627. The minimum Gasteiger partial charge on any atom is -0.316 e. The second-order valence-corrected chi connectivity index (χ2v) is 4.05. The van der Waals surface area contributed by atoms with Crippen molar-refractivity contribution in [3.63, 3.8) is 0 Å². The predicted octanol–water partition coefficient (Wildman–Crippen LogP) is 3.90. The zero-order valence-corrected chi connectivity index (χ0v) is 11.6. The molecule has 0 amide bonds. The van der Waals surface area contributed by atoms with E-state index in [1.165, 1.54) is 12.1 Å². The number of benzene rings is 2. The van der Waals surface area contributed by atoms with Gasteiger partial charge < -0.3 is 5.32 Å². The lowest BCUT2D eigenvalue weighted by Crippen LogP contribution is -2.05. The van der Waals surface area contributed by atoms with Crippen molar-refractivity contribution in [2.24, 2.45) is 0 Å². The van der Waals surface area contributed by atoms with E-state index >= 15 is 0 Å². The van der Waals surface area contributed by atoms with Crippen molar-refractivity contribution in [2.45, 2.75) is 0 Å². The number of hydrogen-bond acceptors (Lipinski definition) is 1. The van der Waals surface area contributed by atoms with Crippen LogP contribution in [0, 0.1) is 5.82 Å². The molecule has 0 saturated carbocycles. The minimum atomic E-state index is -0.209. The molecule has 1 nitrogen and oxygen atoms in total. The molecule has 1 N–H and O–H groups in total. The van der Waals surface area contributed by atoms with Crippen LogP contribution in [0.5, 0.6) is 0 Å². The minimum absolute atomic E-state index is 0. The van der Waals surface area contributed by atoms with Crippen molar-refractivity contribution in [3.8, 4) is 0 Å². The maximum atomic E-state index is 13.0. The zero-order chi connectivity index (χ0) is 12.8. The smallest absolute Gasteiger partial charge is 0.123 e. The molecule has 0 heterocycles. The Morgan fingerprint density at radius 2 is 1.58 bits per heavy atom.